The molecule has 6 nitrogen and oxygen atoms in total. The van der Waals surface area contributed by atoms with Gasteiger partial charge in [0.1, 0.15) is 11.6 Å². The lowest BCUT2D eigenvalue weighted by molar-refractivity contribution is -0.121. The number of nitrogens with one attached hydrogen (secondary N) is 1. The fourth-order valence-electron chi connectivity index (χ4n) is 3.12. The van der Waals surface area contributed by atoms with Crippen LogP contribution >= 0.6 is 0 Å². The van der Waals surface area contributed by atoms with Gasteiger partial charge in [-0.25, -0.2) is 14.6 Å². The van der Waals surface area contributed by atoms with Crippen LogP contribution in [0.15, 0.2) is 54.1 Å². The van der Waals surface area contributed by atoms with Crippen molar-refractivity contribution in [1.29, 1.82) is 0 Å². The standard InChI is InChI=1S/C23H21F3N2O4/c1-3-16-18(10-9-17(20(16)24)21-14(2)11-19(29)27-28-21)31-12-23(25,26)13-32-22(30)15-7-5-4-6-8-15/h3-10,14H,1,11-13H2,2H3,(H,27,29). The molecule has 1 heterocycles. The van der Waals surface area contributed by atoms with E-state index in [-0.39, 0.29) is 40.7 Å². The average molecular weight is 446 g/mol. The Kier molecular flexibility index (Phi) is 6.97. The van der Waals surface area contributed by atoms with E-state index in [1.165, 1.54) is 24.3 Å². The number of benzene rings is 2. The highest BCUT2D eigenvalue weighted by Crippen LogP contribution is 2.30. The smallest absolute Gasteiger partial charge is 0.338 e. The molecule has 3 rings (SSSR count). The highest BCUT2D eigenvalue weighted by molar-refractivity contribution is 6.06. The molecule has 0 fully saturated rings. The van der Waals surface area contributed by atoms with Gasteiger partial charge in [-0.15, -0.1) is 0 Å². The highest BCUT2D eigenvalue weighted by atomic mass is 19.3. The molecule has 32 heavy (non-hydrogen) atoms. The predicted octanol–water partition coefficient (Wildman–Crippen LogP) is 4.20. The Morgan fingerprint density at radius 3 is 2.62 bits per heavy atom. The lowest BCUT2D eigenvalue weighted by atomic mass is 9.92. The first-order valence-corrected chi connectivity index (χ1v) is 9.76. The monoisotopic (exact) mass is 446 g/mol. The van der Waals surface area contributed by atoms with Crippen LogP contribution < -0.4 is 10.2 Å². The van der Waals surface area contributed by atoms with E-state index in [2.05, 4.69) is 21.8 Å². The molecule has 0 saturated heterocycles. The van der Waals surface area contributed by atoms with E-state index in [1.807, 2.05) is 0 Å². The first-order chi connectivity index (χ1) is 15.2. The molecule has 168 valence electrons. The Bertz CT molecular complexity index is 1050. The molecule has 1 atom stereocenters. The van der Waals surface area contributed by atoms with Crippen molar-refractivity contribution in [2.45, 2.75) is 19.3 Å². The highest BCUT2D eigenvalue weighted by Gasteiger charge is 2.33. The van der Waals surface area contributed by atoms with Crippen LogP contribution in [0.2, 0.25) is 0 Å². The van der Waals surface area contributed by atoms with Gasteiger partial charge in [-0.2, -0.15) is 13.9 Å². The summed E-state index contributed by atoms with van der Waals surface area (Å²) in [6, 6.07) is 10.4. The van der Waals surface area contributed by atoms with Crippen molar-refractivity contribution in [2.75, 3.05) is 13.2 Å². The molecular weight excluding hydrogens is 425 g/mol. The molecule has 1 amide bonds. The number of rotatable bonds is 8. The van der Waals surface area contributed by atoms with Crippen molar-refractivity contribution in [3.05, 3.63) is 71.6 Å². The molecule has 9 heteroatoms. The molecule has 0 spiro atoms. The first-order valence-electron chi connectivity index (χ1n) is 9.76. The minimum atomic E-state index is -3.51. The van der Waals surface area contributed by atoms with E-state index in [4.69, 9.17) is 4.74 Å². The minimum Gasteiger partial charge on any atom is -0.486 e. The van der Waals surface area contributed by atoms with Crippen LogP contribution in [0.4, 0.5) is 13.2 Å². The summed E-state index contributed by atoms with van der Waals surface area (Å²) in [7, 11) is 0. The molecule has 2 aromatic carbocycles. The van der Waals surface area contributed by atoms with Crippen LogP contribution in [0.1, 0.15) is 34.8 Å². The molecule has 0 saturated carbocycles. The van der Waals surface area contributed by atoms with Gasteiger partial charge in [-0.1, -0.05) is 37.8 Å². The molecule has 2 aromatic rings. The van der Waals surface area contributed by atoms with Crippen LogP contribution in [0, 0.1) is 11.7 Å². The Hall–Kier alpha value is -3.62. The van der Waals surface area contributed by atoms with Gasteiger partial charge in [0.2, 0.25) is 5.91 Å². The normalized spacial score (nSPS) is 16.1. The zero-order valence-corrected chi connectivity index (χ0v) is 17.2. The third-order valence-corrected chi connectivity index (χ3v) is 4.74. The van der Waals surface area contributed by atoms with Gasteiger partial charge < -0.3 is 9.47 Å². The second-order valence-corrected chi connectivity index (χ2v) is 7.27. The summed E-state index contributed by atoms with van der Waals surface area (Å²) in [5.41, 5.74) is 2.77. The fraction of sp³-hybridized carbons (Fsp3) is 0.261. The molecule has 0 radical (unpaired) electrons. The minimum absolute atomic E-state index is 0.114. The number of ether oxygens (including phenoxy) is 2. The summed E-state index contributed by atoms with van der Waals surface area (Å²) in [5, 5.41) is 3.91. The molecule has 1 aliphatic rings. The first kappa shape index (κ1) is 23.1. The maximum atomic E-state index is 15.0. The number of amides is 1. The van der Waals surface area contributed by atoms with Gasteiger partial charge in [0.05, 0.1) is 16.8 Å². The number of hydrogen-bond donors (Lipinski definition) is 1. The fourth-order valence-corrected chi connectivity index (χ4v) is 3.12. The van der Waals surface area contributed by atoms with Gasteiger partial charge in [0.25, 0.3) is 0 Å². The SMILES string of the molecule is C=Cc1c(OCC(F)(F)COC(=O)c2ccccc2)ccc(C2=NNC(=O)CC2C)c1F. The van der Waals surface area contributed by atoms with E-state index in [0.717, 1.165) is 6.08 Å². The van der Waals surface area contributed by atoms with Gasteiger partial charge >= 0.3 is 11.9 Å². The van der Waals surface area contributed by atoms with Crippen molar-refractivity contribution in [3.63, 3.8) is 0 Å². The number of hydrazone groups is 1. The summed E-state index contributed by atoms with van der Waals surface area (Å²) in [6.07, 6.45) is 1.29. The van der Waals surface area contributed by atoms with Crippen molar-refractivity contribution < 1.29 is 32.2 Å². The number of halogens is 3. The molecule has 1 unspecified atom stereocenters. The Morgan fingerprint density at radius 1 is 1.25 bits per heavy atom. The number of alkyl halides is 2. The summed E-state index contributed by atoms with van der Waals surface area (Å²) in [6.45, 7) is 2.92. The number of carbonyl (C=O) groups excluding carboxylic acids is 2. The lowest BCUT2D eigenvalue weighted by Gasteiger charge is -2.22. The van der Waals surface area contributed by atoms with E-state index >= 15 is 4.39 Å². The number of carbonyl (C=O) groups is 2. The topological polar surface area (TPSA) is 77.0 Å². The van der Waals surface area contributed by atoms with Crippen molar-refractivity contribution in [2.24, 2.45) is 11.0 Å². The third kappa shape index (κ3) is 5.35. The molecule has 0 aromatic heterocycles. The zero-order valence-electron chi connectivity index (χ0n) is 17.2. The molecule has 1 N–H and O–H groups in total. The molecule has 1 aliphatic heterocycles. The number of hydrogen-bond acceptors (Lipinski definition) is 5. The second kappa shape index (κ2) is 9.67. The molecule has 0 bridgehead atoms. The van der Waals surface area contributed by atoms with Gasteiger partial charge in [0, 0.05) is 17.9 Å². The Labute approximate surface area is 182 Å². The van der Waals surface area contributed by atoms with Gasteiger partial charge in [-0.05, 0) is 24.3 Å². The van der Waals surface area contributed by atoms with E-state index in [1.54, 1.807) is 25.1 Å². The van der Waals surface area contributed by atoms with Crippen LogP contribution in [-0.4, -0.2) is 36.7 Å². The Balaban J connectivity index is 1.69. The van der Waals surface area contributed by atoms with E-state index in [0.29, 0.717) is 5.71 Å². The molecular formula is C23H21F3N2O4. The Morgan fingerprint density at radius 2 is 1.97 bits per heavy atom. The van der Waals surface area contributed by atoms with Crippen molar-refractivity contribution in [1.82, 2.24) is 5.43 Å². The van der Waals surface area contributed by atoms with E-state index in [9.17, 15) is 18.4 Å². The number of esters is 1. The van der Waals surface area contributed by atoms with Gasteiger partial charge in [-0.3, -0.25) is 4.79 Å². The third-order valence-electron chi connectivity index (χ3n) is 4.74. The summed E-state index contributed by atoms with van der Waals surface area (Å²) < 4.78 is 53.2. The van der Waals surface area contributed by atoms with Crippen molar-refractivity contribution >= 4 is 23.7 Å². The largest absolute Gasteiger partial charge is 0.486 e. The summed E-state index contributed by atoms with van der Waals surface area (Å²) in [4.78, 5) is 23.3. The van der Waals surface area contributed by atoms with Crippen LogP contribution in [0.5, 0.6) is 5.75 Å². The van der Waals surface area contributed by atoms with Crippen molar-refractivity contribution in [3.8, 4) is 5.75 Å². The van der Waals surface area contributed by atoms with Crippen LogP contribution in [0.3, 0.4) is 0 Å². The maximum Gasteiger partial charge on any atom is 0.338 e. The average Bonchev–Trinajstić information content (AvgIpc) is 2.77. The second-order valence-electron chi connectivity index (χ2n) is 7.27. The van der Waals surface area contributed by atoms with Gasteiger partial charge in [0.15, 0.2) is 13.2 Å². The summed E-state index contributed by atoms with van der Waals surface area (Å²) in [5.74, 6) is -5.90. The maximum absolute atomic E-state index is 15.0. The zero-order chi connectivity index (χ0) is 23.3. The van der Waals surface area contributed by atoms with Crippen LogP contribution in [-0.2, 0) is 9.53 Å². The molecule has 0 aliphatic carbocycles. The predicted molar refractivity (Wildman–Crippen MR) is 112 cm³/mol. The van der Waals surface area contributed by atoms with E-state index < -0.39 is 30.9 Å². The summed E-state index contributed by atoms with van der Waals surface area (Å²) >= 11 is 0. The quantitative estimate of drug-likeness (QED) is 0.617. The number of nitrogens with zero attached hydrogens (tertiary/aromatic N) is 1. The lowest BCUT2D eigenvalue weighted by Crippen LogP contribution is -2.33. The van der Waals surface area contributed by atoms with Crippen LogP contribution in [0.25, 0.3) is 6.08 Å².